The molecular formula is C43H36Si2. The Balaban J connectivity index is 1.31. The van der Waals surface area contributed by atoms with Crippen LogP contribution < -0.4 is 36.3 Å². The molecule has 0 nitrogen and oxygen atoms in total. The van der Waals surface area contributed by atoms with E-state index in [1.807, 2.05) is 0 Å². The van der Waals surface area contributed by atoms with Crippen LogP contribution in [0.5, 0.6) is 0 Å². The number of hydrogen-bond acceptors (Lipinski definition) is 0. The summed E-state index contributed by atoms with van der Waals surface area (Å²) in [5.41, 5.74) is 2.49. The van der Waals surface area contributed by atoms with Crippen LogP contribution in [0.25, 0.3) is 11.1 Å². The van der Waals surface area contributed by atoms with Crippen LogP contribution in [0.1, 0.15) is 0 Å². The lowest BCUT2D eigenvalue weighted by atomic mass is 10.1. The first kappa shape index (κ1) is 28.7. The first-order chi connectivity index (χ1) is 22.2. The second-order valence-electron chi connectivity index (χ2n) is 11.9. The normalized spacial score (nSPS) is 11.7. The number of benzene rings is 7. The predicted octanol–water partition coefficient (Wildman–Crippen LogP) is 5.83. The van der Waals surface area contributed by atoms with Gasteiger partial charge in [-0.1, -0.05) is 207 Å². The molecule has 0 heterocycles. The van der Waals surface area contributed by atoms with Gasteiger partial charge in [0.1, 0.15) is 8.07 Å². The van der Waals surface area contributed by atoms with E-state index in [2.05, 4.69) is 207 Å². The number of rotatable bonds is 8. The van der Waals surface area contributed by atoms with Crippen molar-refractivity contribution in [3.63, 3.8) is 0 Å². The summed E-state index contributed by atoms with van der Waals surface area (Å²) in [6.07, 6.45) is 0. The third kappa shape index (κ3) is 5.23. The molecule has 7 aromatic carbocycles. The maximum Gasteiger partial charge on any atom is 0.179 e. The summed E-state index contributed by atoms with van der Waals surface area (Å²) >= 11 is 0. The predicted molar refractivity (Wildman–Crippen MR) is 199 cm³/mol. The van der Waals surface area contributed by atoms with Gasteiger partial charge in [-0.3, -0.25) is 0 Å². The van der Waals surface area contributed by atoms with E-state index >= 15 is 0 Å². The van der Waals surface area contributed by atoms with Gasteiger partial charge in [0, 0.05) is 0 Å². The largest absolute Gasteiger partial charge is 0.179 e. The molecule has 7 aromatic rings. The molecule has 0 saturated heterocycles. The molecule has 0 bridgehead atoms. The highest BCUT2D eigenvalue weighted by Crippen LogP contribution is 2.20. The highest BCUT2D eigenvalue weighted by atomic mass is 28.3. The first-order valence-electron chi connectivity index (χ1n) is 15.7. The number of hydrogen-bond donors (Lipinski definition) is 0. The summed E-state index contributed by atoms with van der Waals surface area (Å²) in [6.45, 7) is 2.47. The Hall–Kier alpha value is -5.03. The van der Waals surface area contributed by atoms with Crippen LogP contribution in [-0.2, 0) is 0 Å². The van der Waals surface area contributed by atoms with Gasteiger partial charge >= 0.3 is 0 Å². The van der Waals surface area contributed by atoms with Crippen molar-refractivity contribution in [1.29, 1.82) is 0 Å². The lowest BCUT2D eigenvalue weighted by molar-refractivity contribution is 1.62. The lowest BCUT2D eigenvalue weighted by Crippen LogP contribution is -2.74. The highest BCUT2D eigenvalue weighted by molar-refractivity contribution is 7.19. The summed E-state index contributed by atoms with van der Waals surface area (Å²) < 4.78 is 0. The van der Waals surface area contributed by atoms with E-state index in [9.17, 15) is 0 Å². The van der Waals surface area contributed by atoms with Crippen molar-refractivity contribution in [1.82, 2.24) is 0 Å². The zero-order valence-corrected chi connectivity index (χ0v) is 27.6. The standard InChI is InChI=1S/C43H36Si2/c1-44(37-17-7-2-8-18-37,38-19-9-3-10-20-38)39-31-27-35(28-32-39)36-29-33-43(34-30-36)45(40-21-11-4-12-22-40,41-23-13-5-14-24-41)42-25-15-6-16-26-42/h2-34H,1H3. The van der Waals surface area contributed by atoms with Gasteiger partial charge in [-0.15, -0.1) is 0 Å². The zero-order valence-electron chi connectivity index (χ0n) is 25.6. The van der Waals surface area contributed by atoms with Gasteiger partial charge in [0.05, 0.1) is 0 Å². The fourth-order valence-corrected chi connectivity index (χ4v) is 15.3. The van der Waals surface area contributed by atoms with E-state index in [4.69, 9.17) is 0 Å². The second-order valence-corrected chi connectivity index (χ2v) is 19.7. The lowest BCUT2D eigenvalue weighted by Gasteiger charge is -2.34. The Bertz CT molecular complexity index is 1820. The first-order valence-corrected chi connectivity index (χ1v) is 20.2. The molecule has 0 aliphatic heterocycles. The molecule has 0 amide bonds. The molecule has 0 saturated carbocycles. The van der Waals surface area contributed by atoms with E-state index in [0.29, 0.717) is 0 Å². The molecule has 0 radical (unpaired) electrons. The van der Waals surface area contributed by atoms with Crippen LogP contribution >= 0.6 is 0 Å². The van der Waals surface area contributed by atoms with Crippen molar-refractivity contribution in [3.05, 3.63) is 200 Å². The Morgan fingerprint density at radius 1 is 0.244 bits per heavy atom. The highest BCUT2D eigenvalue weighted by Gasteiger charge is 2.41. The molecule has 0 atom stereocenters. The molecule has 0 spiro atoms. The van der Waals surface area contributed by atoms with Gasteiger partial charge in [0.15, 0.2) is 8.07 Å². The van der Waals surface area contributed by atoms with Crippen molar-refractivity contribution in [2.75, 3.05) is 0 Å². The van der Waals surface area contributed by atoms with Gasteiger partial charge in [-0.2, -0.15) is 0 Å². The smallest absolute Gasteiger partial charge is 0.0624 e. The third-order valence-electron chi connectivity index (χ3n) is 9.44. The average Bonchev–Trinajstić information content (AvgIpc) is 3.14. The summed E-state index contributed by atoms with van der Waals surface area (Å²) in [6, 6.07) is 74.3. The molecule has 0 aromatic heterocycles. The fourth-order valence-electron chi connectivity index (χ4n) is 7.02. The molecule has 0 unspecified atom stereocenters. The van der Waals surface area contributed by atoms with E-state index in [1.165, 1.54) is 47.4 Å². The van der Waals surface area contributed by atoms with Crippen molar-refractivity contribution < 1.29 is 0 Å². The van der Waals surface area contributed by atoms with Crippen molar-refractivity contribution in [3.8, 4) is 11.1 Å². The molecule has 0 N–H and O–H groups in total. The van der Waals surface area contributed by atoms with Crippen LogP contribution in [0, 0.1) is 0 Å². The maximum atomic E-state index is 2.47. The van der Waals surface area contributed by atoms with Crippen LogP contribution in [-0.4, -0.2) is 16.1 Å². The Morgan fingerprint density at radius 3 is 0.778 bits per heavy atom. The van der Waals surface area contributed by atoms with Gasteiger partial charge in [0.2, 0.25) is 0 Å². The van der Waals surface area contributed by atoms with Crippen molar-refractivity contribution in [2.45, 2.75) is 6.55 Å². The molecule has 7 rings (SSSR count). The summed E-state index contributed by atoms with van der Waals surface area (Å²) in [5, 5.41) is 9.85. The van der Waals surface area contributed by atoms with E-state index < -0.39 is 16.1 Å². The Kier molecular flexibility index (Phi) is 8.00. The zero-order chi connectivity index (χ0) is 30.5. The van der Waals surface area contributed by atoms with E-state index in [1.54, 1.807) is 0 Å². The van der Waals surface area contributed by atoms with Gasteiger partial charge in [0.25, 0.3) is 0 Å². The van der Waals surface area contributed by atoms with Crippen molar-refractivity contribution in [2.24, 2.45) is 0 Å². The minimum atomic E-state index is -2.53. The Labute approximate surface area is 269 Å². The monoisotopic (exact) mass is 608 g/mol. The molecule has 0 fully saturated rings. The minimum absolute atomic E-state index is 1.24. The summed E-state index contributed by atoms with van der Waals surface area (Å²) in [7, 11) is -4.67. The van der Waals surface area contributed by atoms with E-state index in [0.717, 1.165) is 0 Å². The van der Waals surface area contributed by atoms with Gasteiger partial charge in [-0.05, 0) is 47.4 Å². The van der Waals surface area contributed by atoms with Crippen molar-refractivity contribution >= 4 is 52.5 Å². The third-order valence-corrected chi connectivity index (χ3v) is 18.7. The van der Waals surface area contributed by atoms with Gasteiger partial charge in [-0.25, -0.2) is 0 Å². The van der Waals surface area contributed by atoms with Crippen LogP contribution in [0.15, 0.2) is 200 Å². The molecule has 45 heavy (non-hydrogen) atoms. The maximum absolute atomic E-state index is 2.53. The molecular weight excluding hydrogens is 573 g/mol. The molecule has 0 aliphatic carbocycles. The quantitative estimate of drug-likeness (QED) is 0.150. The van der Waals surface area contributed by atoms with Gasteiger partial charge < -0.3 is 0 Å². The minimum Gasteiger partial charge on any atom is -0.0624 e. The topological polar surface area (TPSA) is 0 Å². The second kappa shape index (κ2) is 12.5. The SMILES string of the molecule is C[Si](c1ccccc1)(c1ccccc1)c1ccc(-c2ccc([Si](c3ccccc3)(c3ccccc3)c3ccccc3)cc2)cc1. The van der Waals surface area contributed by atoms with Crippen LogP contribution in [0.3, 0.4) is 0 Å². The molecule has 2 heteroatoms. The van der Waals surface area contributed by atoms with E-state index in [-0.39, 0.29) is 0 Å². The molecule has 0 aliphatic rings. The summed E-state index contributed by atoms with van der Waals surface area (Å²) in [5.74, 6) is 0. The van der Waals surface area contributed by atoms with Crippen LogP contribution in [0.2, 0.25) is 6.55 Å². The fraction of sp³-hybridized carbons (Fsp3) is 0.0233. The molecule has 216 valence electrons. The Morgan fingerprint density at radius 2 is 0.467 bits per heavy atom. The van der Waals surface area contributed by atoms with Crippen LogP contribution in [0.4, 0.5) is 0 Å². The average molecular weight is 609 g/mol. The summed E-state index contributed by atoms with van der Waals surface area (Å²) in [4.78, 5) is 0.